The fraction of sp³-hybridized carbons (Fsp3) is 0.500. The lowest BCUT2D eigenvalue weighted by atomic mass is 10.0. The maximum absolute atomic E-state index is 12.1. The number of sulfonamides is 1. The molecule has 0 bridgehead atoms. The minimum absolute atomic E-state index is 0. The van der Waals surface area contributed by atoms with Crippen LogP contribution < -0.4 is 10.0 Å². The van der Waals surface area contributed by atoms with Crippen LogP contribution >= 0.6 is 35.6 Å². The van der Waals surface area contributed by atoms with E-state index in [2.05, 4.69) is 10.0 Å². The zero-order chi connectivity index (χ0) is 13.9. The lowest BCUT2D eigenvalue weighted by molar-refractivity contribution is 0.376. The van der Waals surface area contributed by atoms with Gasteiger partial charge in [0.1, 0.15) is 0 Å². The quantitative estimate of drug-likeness (QED) is 0.869. The smallest absolute Gasteiger partial charge is 0.240 e. The predicted molar refractivity (Wildman–Crippen MR) is 84.5 cm³/mol. The fourth-order valence-electron chi connectivity index (χ4n) is 2.09. The highest BCUT2D eigenvalue weighted by Gasteiger charge is 2.19. The molecule has 0 aromatic heterocycles. The van der Waals surface area contributed by atoms with Gasteiger partial charge in [-0.3, -0.25) is 0 Å². The SMILES string of the molecule is Cl.O=S(=O)(NCC1CCCNC1)c1cc(Cl)cc(Cl)c1. The van der Waals surface area contributed by atoms with Crippen molar-refractivity contribution in [3.05, 3.63) is 28.2 Å². The third-order valence-corrected chi connectivity index (χ3v) is 4.95. The van der Waals surface area contributed by atoms with Crippen molar-refractivity contribution in [3.8, 4) is 0 Å². The summed E-state index contributed by atoms with van der Waals surface area (Å²) in [5.74, 6) is 0.332. The normalized spacial score (nSPS) is 19.4. The van der Waals surface area contributed by atoms with Crippen LogP contribution in [0, 0.1) is 5.92 Å². The van der Waals surface area contributed by atoms with Gasteiger partial charge in [-0.25, -0.2) is 13.1 Å². The van der Waals surface area contributed by atoms with Gasteiger partial charge in [-0.2, -0.15) is 0 Å². The van der Waals surface area contributed by atoms with E-state index in [1.165, 1.54) is 18.2 Å². The molecule has 1 atom stereocenters. The molecule has 0 radical (unpaired) electrons. The second kappa shape index (κ2) is 7.82. The van der Waals surface area contributed by atoms with Crippen LogP contribution in [-0.4, -0.2) is 28.1 Å². The van der Waals surface area contributed by atoms with Gasteiger partial charge >= 0.3 is 0 Å². The minimum atomic E-state index is -3.55. The number of rotatable bonds is 4. The summed E-state index contributed by atoms with van der Waals surface area (Å²) in [5, 5.41) is 3.88. The monoisotopic (exact) mass is 358 g/mol. The van der Waals surface area contributed by atoms with Crippen molar-refractivity contribution in [2.75, 3.05) is 19.6 Å². The zero-order valence-corrected chi connectivity index (χ0v) is 13.9. The first kappa shape index (κ1) is 18.0. The van der Waals surface area contributed by atoms with Crippen molar-refractivity contribution in [3.63, 3.8) is 0 Å². The highest BCUT2D eigenvalue weighted by molar-refractivity contribution is 7.89. The molecule has 20 heavy (non-hydrogen) atoms. The minimum Gasteiger partial charge on any atom is -0.316 e. The lowest BCUT2D eigenvalue weighted by Crippen LogP contribution is -2.38. The Hall–Kier alpha value is -0.0400. The van der Waals surface area contributed by atoms with E-state index >= 15 is 0 Å². The summed E-state index contributed by atoms with van der Waals surface area (Å²) in [6.45, 7) is 2.28. The van der Waals surface area contributed by atoms with Crippen molar-refractivity contribution in [2.24, 2.45) is 5.92 Å². The molecule has 114 valence electrons. The third kappa shape index (κ3) is 5.06. The second-order valence-corrected chi connectivity index (χ2v) is 7.31. The first-order valence-corrected chi connectivity index (χ1v) is 8.38. The van der Waals surface area contributed by atoms with Gasteiger partial charge in [0, 0.05) is 16.6 Å². The van der Waals surface area contributed by atoms with Crippen molar-refractivity contribution in [1.29, 1.82) is 0 Å². The second-order valence-electron chi connectivity index (χ2n) is 4.67. The Bertz CT molecular complexity index is 525. The van der Waals surface area contributed by atoms with Crippen molar-refractivity contribution in [1.82, 2.24) is 10.0 Å². The van der Waals surface area contributed by atoms with E-state index in [0.717, 1.165) is 25.9 Å². The van der Waals surface area contributed by atoms with Gasteiger partial charge in [0.15, 0.2) is 0 Å². The fourth-order valence-corrected chi connectivity index (χ4v) is 3.93. The molecule has 1 aromatic carbocycles. The number of halogens is 3. The molecule has 1 fully saturated rings. The van der Waals surface area contributed by atoms with E-state index in [4.69, 9.17) is 23.2 Å². The molecular formula is C12H17Cl3N2O2S. The molecule has 0 saturated carbocycles. The van der Waals surface area contributed by atoms with Crippen LogP contribution in [0.4, 0.5) is 0 Å². The average molecular weight is 360 g/mol. The molecule has 8 heteroatoms. The summed E-state index contributed by atoms with van der Waals surface area (Å²) in [6, 6.07) is 4.30. The Morgan fingerprint density at radius 3 is 2.45 bits per heavy atom. The molecule has 1 unspecified atom stereocenters. The molecule has 0 aliphatic carbocycles. The van der Waals surface area contributed by atoms with Gasteiger partial charge in [-0.1, -0.05) is 23.2 Å². The van der Waals surface area contributed by atoms with E-state index in [1.54, 1.807) is 0 Å². The van der Waals surface area contributed by atoms with Gasteiger partial charge in [-0.05, 0) is 50.0 Å². The van der Waals surface area contributed by atoms with E-state index in [1.807, 2.05) is 0 Å². The van der Waals surface area contributed by atoms with E-state index in [0.29, 0.717) is 22.5 Å². The summed E-state index contributed by atoms with van der Waals surface area (Å²) in [4.78, 5) is 0.105. The van der Waals surface area contributed by atoms with E-state index in [9.17, 15) is 8.42 Å². The molecule has 4 nitrogen and oxygen atoms in total. The van der Waals surface area contributed by atoms with Crippen LogP contribution in [-0.2, 0) is 10.0 Å². The Balaban J connectivity index is 0.00000200. The number of piperidine rings is 1. The van der Waals surface area contributed by atoms with Crippen molar-refractivity contribution < 1.29 is 8.42 Å². The number of benzene rings is 1. The van der Waals surface area contributed by atoms with Gasteiger partial charge in [0.25, 0.3) is 0 Å². The molecule has 0 amide bonds. The zero-order valence-electron chi connectivity index (χ0n) is 10.7. The average Bonchev–Trinajstić information content (AvgIpc) is 2.37. The first-order chi connectivity index (χ1) is 8.97. The van der Waals surface area contributed by atoms with Crippen LogP contribution in [0.1, 0.15) is 12.8 Å². The van der Waals surface area contributed by atoms with E-state index in [-0.39, 0.29) is 17.3 Å². The number of hydrogen-bond donors (Lipinski definition) is 2. The van der Waals surface area contributed by atoms with E-state index < -0.39 is 10.0 Å². The molecule has 1 aromatic rings. The van der Waals surface area contributed by atoms with Gasteiger partial charge < -0.3 is 5.32 Å². The predicted octanol–water partition coefficient (Wildman–Crippen LogP) is 2.69. The molecule has 2 rings (SSSR count). The molecule has 1 aliphatic rings. The lowest BCUT2D eigenvalue weighted by Gasteiger charge is -2.22. The summed E-state index contributed by atoms with van der Waals surface area (Å²) in [6.07, 6.45) is 2.11. The van der Waals surface area contributed by atoms with Crippen LogP contribution in [0.25, 0.3) is 0 Å². The third-order valence-electron chi connectivity index (χ3n) is 3.11. The van der Waals surface area contributed by atoms with Crippen LogP contribution in [0.15, 0.2) is 23.1 Å². The maximum Gasteiger partial charge on any atom is 0.240 e. The highest BCUT2D eigenvalue weighted by atomic mass is 35.5. The van der Waals surface area contributed by atoms with Gasteiger partial charge in [0.2, 0.25) is 10.0 Å². The van der Waals surface area contributed by atoms with Gasteiger partial charge in [0.05, 0.1) is 4.90 Å². The first-order valence-electron chi connectivity index (χ1n) is 6.14. The Morgan fingerprint density at radius 2 is 1.90 bits per heavy atom. The summed E-state index contributed by atoms with van der Waals surface area (Å²) in [5.41, 5.74) is 0. The van der Waals surface area contributed by atoms with Crippen LogP contribution in [0.5, 0.6) is 0 Å². The molecule has 1 heterocycles. The Labute approximate surface area is 135 Å². The van der Waals surface area contributed by atoms with Crippen molar-refractivity contribution >= 4 is 45.6 Å². The molecule has 0 spiro atoms. The molecule has 2 N–H and O–H groups in total. The Morgan fingerprint density at radius 1 is 1.25 bits per heavy atom. The topological polar surface area (TPSA) is 58.2 Å². The largest absolute Gasteiger partial charge is 0.316 e. The number of hydrogen-bond acceptors (Lipinski definition) is 3. The molecular weight excluding hydrogens is 343 g/mol. The molecule has 1 aliphatic heterocycles. The molecule has 1 saturated heterocycles. The summed E-state index contributed by atoms with van der Waals surface area (Å²) < 4.78 is 26.9. The summed E-state index contributed by atoms with van der Waals surface area (Å²) in [7, 11) is -3.55. The summed E-state index contributed by atoms with van der Waals surface area (Å²) >= 11 is 11.6. The highest BCUT2D eigenvalue weighted by Crippen LogP contribution is 2.22. The Kier molecular flexibility index (Phi) is 7.04. The van der Waals surface area contributed by atoms with Gasteiger partial charge in [-0.15, -0.1) is 12.4 Å². The van der Waals surface area contributed by atoms with Crippen LogP contribution in [0.2, 0.25) is 10.0 Å². The maximum atomic E-state index is 12.1. The van der Waals surface area contributed by atoms with Crippen LogP contribution in [0.3, 0.4) is 0 Å². The van der Waals surface area contributed by atoms with Crippen molar-refractivity contribution in [2.45, 2.75) is 17.7 Å². The number of nitrogens with one attached hydrogen (secondary N) is 2. The standard InChI is InChI=1S/C12H16Cl2N2O2S.ClH/c13-10-4-11(14)6-12(5-10)19(17,18)16-8-9-2-1-3-15-7-9;/h4-6,9,15-16H,1-3,7-8H2;1H.